The fourth-order valence-electron chi connectivity index (χ4n) is 3.37. The lowest BCUT2D eigenvalue weighted by atomic mass is 10.1. The van der Waals surface area contributed by atoms with Gasteiger partial charge in [-0.25, -0.2) is 4.79 Å². The summed E-state index contributed by atoms with van der Waals surface area (Å²) in [6, 6.07) is 17.6. The molecule has 7 heteroatoms. The molecule has 1 aliphatic rings. The van der Waals surface area contributed by atoms with Crippen molar-refractivity contribution >= 4 is 24.4 Å². The van der Waals surface area contributed by atoms with Crippen LogP contribution in [0.25, 0.3) is 0 Å². The summed E-state index contributed by atoms with van der Waals surface area (Å²) in [5.41, 5.74) is 2.14. The summed E-state index contributed by atoms with van der Waals surface area (Å²) in [6.07, 6.45) is -0.181. The van der Waals surface area contributed by atoms with Crippen molar-refractivity contribution in [3.8, 4) is 5.75 Å². The highest BCUT2D eigenvalue weighted by Gasteiger charge is 2.21. The summed E-state index contributed by atoms with van der Waals surface area (Å²) in [4.78, 5) is 28.7. The van der Waals surface area contributed by atoms with Crippen LogP contribution in [0.2, 0.25) is 0 Å². The molecule has 0 unspecified atom stereocenters. The van der Waals surface area contributed by atoms with Crippen LogP contribution in [0.5, 0.6) is 5.75 Å². The lowest BCUT2D eigenvalue weighted by molar-refractivity contribution is -0.132. The Balaban J connectivity index is 0.00000320. The SMILES string of the molecule is CC(C)NC(=O)Oc1cccc(CC(=O)N2CCN(Cc3ccccc3)CC2)c1.Cl. The van der Waals surface area contributed by atoms with Gasteiger partial charge in [-0.3, -0.25) is 9.69 Å². The number of hydrogen-bond acceptors (Lipinski definition) is 4. The monoisotopic (exact) mass is 431 g/mol. The molecule has 1 N–H and O–H groups in total. The molecule has 0 radical (unpaired) electrons. The maximum atomic E-state index is 12.7. The van der Waals surface area contributed by atoms with E-state index in [1.807, 2.05) is 30.9 Å². The van der Waals surface area contributed by atoms with Gasteiger partial charge in [0.2, 0.25) is 5.91 Å². The third kappa shape index (κ3) is 7.35. The zero-order valence-corrected chi connectivity index (χ0v) is 18.4. The maximum Gasteiger partial charge on any atom is 0.412 e. The summed E-state index contributed by atoms with van der Waals surface area (Å²) >= 11 is 0. The molecule has 0 atom stereocenters. The molecule has 2 amide bonds. The van der Waals surface area contributed by atoms with Gasteiger partial charge in [-0.05, 0) is 37.1 Å². The molecule has 2 aromatic carbocycles. The molecular weight excluding hydrogens is 402 g/mol. The summed E-state index contributed by atoms with van der Waals surface area (Å²) in [5.74, 6) is 0.550. The van der Waals surface area contributed by atoms with Gasteiger partial charge in [0.15, 0.2) is 0 Å². The Kier molecular flexibility index (Phi) is 9.15. The number of benzene rings is 2. The minimum Gasteiger partial charge on any atom is -0.410 e. The van der Waals surface area contributed by atoms with Gasteiger partial charge < -0.3 is 15.0 Å². The Morgan fingerprint density at radius 3 is 2.30 bits per heavy atom. The van der Waals surface area contributed by atoms with E-state index in [1.54, 1.807) is 18.2 Å². The molecule has 0 saturated carbocycles. The van der Waals surface area contributed by atoms with E-state index >= 15 is 0 Å². The van der Waals surface area contributed by atoms with E-state index in [-0.39, 0.29) is 24.4 Å². The Labute approximate surface area is 184 Å². The molecule has 0 aliphatic carbocycles. The van der Waals surface area contributed by atoms with Gasteiger partial charge in [0.1, 0.15) is 5.75 Å². The number of piperazine rings is 1. The number of nitrogens with zero attached hydrogens (tertiary/aromatic N) is 2. The van der Waals surface area contributed by atoms with Gasteiger partial charge in [-0.15, -0.1) is 12.4 Å². The minimum atomic E-state index is -0.488. The van der Waals surface area contributed by atoms with Crippen molar-refractivity contribution in [2.24, 2.45) is 0 Å². The average Bonchev–Trinajstić information content (AvgIpc) is 2.69. The van der Waals surface area contributed by atoms with Crippen LogP contribution in [0, 0.1) is 0 Å². The molecule has 1 saturated heterocycles. The van der Waals surface area contributed by atoms with Gasteiger partial charge in [0.25, 0.3) is 0 Å². The first kappa shape index (κ1) is 23.7. The van der Waals surface area contributed by atoms with E-state index in [1.165, 1.54) is 5.56 Å². The quantitative estimate of drug-likeness (QED) is 0.760. The second-order valence-electron chi connectivity index (χ2n) is 7.66. The molecule has 1 fully saturated rings. The summed E-state index contributed by atoms with van der Waals surface area (Å²) in [5, 5.41) is 2.68. The fourth-order valence-corrected chi connectivity index (χ4v) is 3.37. The minimum absolute atomic E-state index is 0. The largest absolute Gasteiger partial charge is 0.412 e. The second kappa shape index (κ2) is 11.6. The number of ether oxygens (including phenoxy) is 1. The Morgan fingerprint density at radius 2 is 1.63 bits per heavy atom. The number of amides is 2. The smallest absolute Gasteiger partial charge is 0.410 e. The molecule has 162 valence electrons. The van der Waals surface area contributed by atoms with Crippen LogP contribution in [0.15, 0.2) is 54.6 Å². The van der Waals surface area contributed by atoms with Crippen LogP contribution in [-0.2, 0) is 17.8 Å². The molecular formula is C23H30ClN3O3. The fraction of sp³-hybridized carbons (Fsp3) is 0.391. The molecule has 6 nitrogen and oxygen atoms in total. The van der Waals surface area contributed by atoms with E-state index in [0.29, 0.717) is 12.2 Å². The zero-order valence-electron chi connectivity index (χ0n) is 17.5. The van der Waals surface area contributed by atoms with E-state index < -0.39 is 6.09 Å². The standard InChI is InChI=1S/C23H29N3O3.ClH/c1-18(2)24-23(28)29-21-10-6-9-20(15-21)16-22(27)26-13-11-25(12-14-26)17-19-7-4-3-5-8-19;/h3-10,15,18H,11-14,16-17H2,1-2H3,(H,24,28);1H. The van der Waals surface area contributed by atoms with Crippen molar-refractivity contribution in [3.05, 3.63) is 65.7 Å². The highest BCUT2D eigenvalue weighted by atomic mass is 35.5. The van der Waals surface area contributed by atoms with Gasteiger partial charge in [-0.1, -0.05) is 42.5 Å². The summed E-state index contributed by atoms with van der Waals surface area (Å²) in [6.45, 7) is 7.88. The first-order valence-corrected chi connectivity index (χ1v) is 10.1. The molecule has 1 heterocycles. The molecule has 0 spiro atoms. The lowest BCUT2D eigenvalue weighted by Gasteiger charge is -2.34. The summed E-state index contributed by atoms with van der Waals surface area (Å²) in [7, 11) is 0. The normalized spacial score (nSPS) is 14.2. The van der Waals surface area contributed by atoms with Crippen molar-refractivity contribution < 1.29 is 14.3 Å². The summed E-state index contributed by atoms with van der Waals surface area (Å²) < 4.78 is 5.28. The first-order valence-electron chi connectivity index (χ1n) is 10.1. The number of halogens is 1. The highest BCUT2D eigenvalue weighted by Crippen LogP contribution is 2.16. The molecule has 3 rings (SSSR count). The Hall–Kier alpha value is -2.57. The average molecular weight is 432 g/mol. The van der Waals surface area contributed by atoms with E-state index in [9.17, 15) is 9.59 Å². The predicted molar refractivity (Wildman–Crippen MR) is 120 cm³/mol. The van der Waals surface area contributed by atoms with Crippen LogP contribution in [0.4, 0.5) is 4.79 Å². The number of hydrogen-bond donors (Lipinski definition) is 1. The van der Waals surface area contributed by atoms with Gasteiger partial charge in [0, 0.05) is 38.8 Å². The number of rotatable bonds is 6. The molecule has 1 aliphatic heterocycles. The Morgan fingerprint density at radius 1 is 0.967 bits per heavy atom. The third-order valence-corrected chi connectivity index (χ3v) is 4.84. The van der Waals surface area contributed by atoms with E-state index in [0.717, 1.165) is 38.3 Å². The third-order valence-electron chi connectivity index (χ3n) is 4.84. The van der Waals surface area contributed by atoms with Crippen LogP contribution in [0.1, 0.15) is 25.0 Å². The van der Waals surface area contributed by atoms with Crippen LogP contribution < -0.4 is 10.1 Å². The van der Waals surface area contributed by atoms with E-state index in [2.05, 4.69) is 34.5 Å². The molecule has 0 aromatic heterocycles. The van der Waals surface area contributed by atoms with Crippen molar-refractivity contribution in [2.45, 2.75) is 32.9 Å². The lowest BCUT2D eigenvalue weighted by Crippen LogP contribution is -2.48. The van der Waals surface area contributed by atoms with Gasteiger partial charge >= 0.3 is 6.09 Å². The van der Waals surface area contributed by atoms with Crippen LogP contribution >= 0.6 is 12.4 Å². The zero-order chi connectivity index (χ0) is 20.6. The topological polar surface area (TPSA) is 61.9 Å². The van der Waals surface area contributed by atoms with Crippen molar-refractivity contribution in [1.82, 2.24) is 15.1 Å². The van der Waals surface area contributed by atoms with Crippen molar-refractivity contribution in [3.63, 3.8) is 0 Å². The van der Waals surface area contributed by atoms with Gasteiger partial charge in [-0.2, -0.15) is 0 Å². The van der Waals surface area contributed by atoms with Crippen LogP contribution in [0.3, 0.4) is 0 Å². The first-order chi connectivity index (χ1) is 14.0. The highest BCUT2D eigenvalue weighted by molar-refractivity contribution is 5.85. The van der Waals surface area contributed by atoms with Crippen molar-refractivity contribution in [1.29, 1.82) is 0 Å². The maximum absolute atomic E-state index is 12.7. The number of nitrogens with one attached hydrogen (secondary N) is 1. The molecule has 30 heavy (non-hydrogen) atoms. The second-order valence-corrected chi connectivity index (χ2v) is 7.66. The number of carbonyl (C=O) groups is 2. The van der Waals surface area contributed by atoms with Gasteiger partial charge in [0.05, 0.1) is 6.42 Å². The predicted octanol–water partition coefficient (Wildman–Crippen LogP) is 3.49. The Bertz CT molecular complexity index is 821. The molecule has 0 bridgehead atoms. The number of carbonyl (C=O) groups excluding carboxylic acids is 2. The van der Waals surface area contributed by atoms with Crippen molar-refractivity contribution in [2.75, 3.05) is 26.2 Å². The molecule has 2 aromatic rings. The van der Waals surface area contributed by atoms with Crippen LogP contribution in [-0.4, -0.2) is 54.0 Å². The van der Waals surface area contributed by atoms with E-state index in [4.69, 9.17) is 4.74 Å².